The van der Waals surface area contributed by atoms with Gasteiger partial charge in [0.1, 0.15) is 12.7 Å². The van der Waals surface area contributed by atoms with Gasteiger partial charge in [0.05, 0.1) is 17.8 Å². The summed E-state index contributed by atoms with van der Waals surface area (Å²) in [6, 6.07) is 5.95. The maximum Gasteiger partial charge on any atom is 0.161 e. The number of hydrogen-bond donors (Lipinski definition) is 1. The van der Waals surface area contributed by atoms with Gasteiger partial charge in [0.15, 0.2) is 11.5 Å². The number of likely N-dealkylation sites (N-methyl/N-ethyl adjacent to an activating group) is 1. The van der Waals surface area contributed by atoms with E-state index < -0.39 is 6.10 Å². The lowest BCUT2D eigenvalue weighted by molar-refractivity contribution is 0.0705. The van der Waals surface area contributed by atoms with E-state index in [0.717, 1.165) is 42.4 Å². The first-order chi connectivity index (χ1) is 13.4. The minimum absolute atomic E-state index is 0.240. The molecule has 6 nitrogen and oxygen atoms in total. The molecule has 0 unspecified atom stereocenters. The summed E-state index contributed by atoms with van der Waals surface area (Å²) < 4.78 is 11.3. The fourth-order valence-corrected chi connectivity index (χ4v) is 3.68. The third-order valence-corrected chi connectivity index (χ3v) is 5.40. The average Bonchev–Trinajstić information content (AvgIpc) is 3.08. The molecule has 0 aliphatic carbocycles. The molecule has 2 rings (SSSR count). The Morgan fingerprint density at radius 2 is 1.93 bits per heavy atom. The number of aliphatic hydroxyl groups is 1. The van der Waals surface area contributed by atoms with Crippen molar-refractivity contribution in [2.75, 3.05) is 40.4 Å². The lowest BCUT2D eigenvalue weighted by atomic mass is 10.2. The number of methoxy groups -OCH3 is 1. The van der Waals surface area contributed by atoms with Gasteiger partial charge in [0, 0.05) is 25.0 Å². The van der Waals surface area contributed by atoms with Crippen LogP contribution in [0, 0.1) is 6.92 Å². The smallest absolute Gasteiger partial charge is 0.161 e. The van der Waals surface area contributed by atoms with Crippen molar-refractivity contribution in [2.24, 2.45) is 0 Å². The second kappa shape index (κ2) is 11.4. The Hall–Kier alpha value is -1.67. The molecular formula is C21H33N3O3S. The molecule has 7 heteroatoms. The normalized spacial score (nSPS) is 12.6. The van der Waals surface area contributed by atoms with E-state index in [1.54, 1.807) is 18.4 Å². The van der Waals surface area contributed by atoms with Gasteiger partial charge in [-0.25, -0.2) is 4.98 Å². The molecule has 0 saturated carbocycles. The van der Waals surface area contributed by atoms with E-state index in [-0.39, 0.29) is 6.61 Å². The fraction of sp³-hybridized carbons (Fsp3) is 0.571. The van der Waals surface area contributed by atoms with Gasteiger partial charge in [-0.15, -0.1) is 11.3 Å². The van der Waals surface area contributed by atoms with Crippen LogP contribution in [0.4, 0.5) is 0 Å². The van der Waals surface area contributed by atoms with Gasteiger partial charge in [0.2, 0.25) is 0 Å². The molecule has 0 fully saturated rings. The molecular weight excluding hydrogens is 374 g/mol. The molecule has 1 atom stereocenters. The summed E-state index contributed by atoms with van der Waals surface area (Å²) in [4.78, 5) is 8.92. The van der Waals surface area contributed by atoms with Crippen molar-refractivity contribution in [2.45, 2.75) is 40.0 Å². The highest BCUT2D eigenvalue weighted by atomic mass is 32.1. The van der Waals surface area contributed by atoms with Gasteiger partial charge in [-0.3, -0.25) is 4.90 Å². The second-order valence-electron chi connectivity index (χ2n) is 6.97. The van der Waals surface area contributed by atoms with E-state index in [2.05, 4.69) is 41.1 Å². The Bertz CT molecular complexity index is 719. The molecule has 0 amide bonds. The van der Waals surface area contributed by atoms with Crippen LogP contribution in [0.15, 0.2) is 23.6 Å². The first-order valence-corrected chi connectivity index (χ1v) is 10.6. The van der Waals surface area contributed by atoms with E-state index in [0.29, 0.717) is 18.0 Å². The lowest BCUT2D eigenvalue weighted by Gasteiger charge is -2.22. The monoisotopic (exact) mass is 407 g/mol. The molecule has 1 heterocycles. The van der Waals surface area contributed by atoms with E-state index in [9.17, 15) is 5.11 Å². The Morgan fingerprint density at radius 1 is 1.18 bits per heavy atom. The van der Waals surface area contributed by atoms with Gasteiger partial charge < -0.3 is 19.5 Å². The average molecular weight is 408 g/mol. The molecule has 1 N–H and O–H groups in total. The van der Waals surface area contributed by atoms with Crippen molar-refractivity contribution in [3.8, 4) is 11.5 Å². The van der Waals surface area contributed by atoms with Gasteiger partial charge in [-0.05, 0) is 44.8 Å². The number of aliphatic hydroxyl groups excluding tert-OH is 1. The Labute approximate surface area is 172 Å². The number of rotatable bonds is 12. The van der Waals surface area contributed by atoms with Crippen LogP contribution < -0.4 is 9.47 Å². The minimum atomic E-state index is -0.538. The molecule has 156 valence electrons. The van der Waals surface area contributed by atoms with Crippen LogP contribution in [0.2, 0.25) is 0 Å². The van der Waals surface area contributed by atoms with Crippen LogP contribution in [0.25, 0.3) is 0 Å². The van der Waals surface area contributed by atoms with E-state index in [1.165, 1.54) is 0 Å². The predicted molar refractivity (Wildman–Crippen MR) is 114 cm³/mol. The van der Waals surface area contributed by atoms with E-state index in [1.807, 2.05) is 25.1 Å². The van der Waals surface area contributed by atoms with Crippen LogP contribution in [0.5, 0.6) is 11.5 Å². The molecule has 0 saturated heterocycles. The van der Waals surface area contributed by atoms with E-state index >= 15 is 0 Å². The van der Waals surface area contributed by atoms with Crippen molar-refractivity contribution in [1.29, 1.82) is 0 Å². The zero-order chi connectivity index (χ0) is 20.5. The number of benzene rings is 1. The summed E-state index contributed by atoms with van der Waals surface area (Å²) >= 11 is 1.68. The van der Waals surface area contributed by atoms with Crippen molar-refractivity contribution in [1.82, 2.24) is 14.8 Å². The van der Waals surface area contributed by atoms with Gasteiger partial charge >= 0.3 is 0 Å². The van der Waals surface area contributed by atoms with Gasteiger partial charge in [-0.1, -0.05) is 19.9 Å². The molecule has 1 aromatic carbocycles. The van der Waals surface area contributed by atoms with Crippen molar-refractivity contribution in [3.63, 3.8) is 0 Å². The molecule has 0 radical (unpaired) electrons. The summed E-state index contributed by atoms with van der Waals surface area (Å²) in [5, 5.41) is 13.5. The Morgan fingerprint density at radius 3 is 2.54 bits per heavy atom. The fourth-order valence-electron chi connectivity index (χ4n) is 3.08. The van der Waals surface area contributed by atoms with Gasteiger partial charge in [-0.2, -0.15) is 0 Å². The summed E-state index contributed by atoms with van der Waals surface area (Å²) in [5.74, 6) is 1.34. The highest BCUT2D eigenvalue weighted by Crippen LogP contribution is 2.29. The first kappa shape index (κ1) is 22.6. The molecule has 0 aliphatic heterocycles. The third kappa shape index (κ3) is 7.05. The number of nitrogens with zero attached hydrogens (tertiary/aromatic N) is 3. The molecule has 1 aromatic heterocycles. The molecule has 0 spiro atoms. The summed E-state index contributed by atoms with van der Waals surface area (Å²) in [6.07, 6.45) is -0.538. The van der Waals surface area contributed by atoms with Crippen LogP contribution in [0.1, 0.15) is 30.1 Å². The highest BCUT2D eigenvalue weighted by Gasteiger charge is 2.13. The van der Waals surface area contributed by atoms with E-state index in [4.69, 9.17) is 9.47 Å². The predicted octanol–water partition coefficient (Wildman–Crippen LogP) is 3.17. The lowest BCUT2D eigenvalue weighted by Crippen LogP contribution is -2.35. The quantitative estimate of drug-likeness (QED) is 0.583. The highest BCUT2D eigenvalue weighted by molar-refractivity contribution is 7.09. The molecule has 28 heavy (non-hydrogen) atoms. The van der Waals surface area contributed by atoms with Crippen LogP contribution in [0.3, 0.4) is 0 Å². The topological polar surface area (TPSA) is 58.1 Å². The van der Waals surface area contributed by atoms with Crippen molar-refractivity contribution >= 4 is 11.3 Å². The standard InChI is InChI=1S/C21H33N3O3S/c1-6-24(7-2)13-19(25)14-27-21-10-17(8-9-20(21)26-5)11-23(4)12-18-15-28-16(3)22-18/h8-10,15,19,25H,6-7,11-14H2,1-5H3/t19-/m0/s1. The summed E-state index contributed by atoms with van der Waals surface area (Å²) in [5.41, 5.74) is 2.22. The molecule has 2 aromatic rings. The first-order valence-electron chi connectivity index (χ1n) is 9.74. The van der Waals surface area contributed by atoms with Crippen LogP contribution >= 0.6 is 11.3 Å². The van der Waals surface area contributed by atoms with Crippen LogP contribution in [-0.2, 0) is 13.1 Å². The minimum Gasteiger partial charge on any atom is -0.493 e. The number of aryl methyl sites for hydroxylation is 1. The Balaban J connectivity index is 1.96. The Kier molecular flexibility index (Phi) is 9.18. The van der Waals surface area contributed by atoms with Crippen molar-refractivity contribution in [3.05, 3.63) is 39.8 Å². The largest absolute Gasteiger partial charge is 0.493 e. The van der Waals surface area contributed by atoms with Crippen molar-refractivity contribution < 1.29 is 14.6 Å². The number of aromatic nitrogens is 1. The maximum atomic E-state index is 10.3. The zero-order valence-corrected chi connectivity index (χ0v) is 18.5. The number of thiazole rings is 1. The van der Waals surface area contributed by atoms with Crippen LogP contribution in [-0.4, -0.2) is 66.4 Å². The summed E-state index contributed by atoms with van der Waals surface area (Å²) in [6.45, 7) is 10.5. The maximum absolute atomic E-state index is 10.3. The SMILES string of the molecule is CCN(CC)C[C@H](O)COc1cc(CN(C)Cc2csc(C)n2)ccc1OC. The number of hydrogen-bond acceptors (Lipinski definition) is 7. The third-order valence-electron chi connectivity index (χ3n) is 4.57. The second-order valence-corrected chi connectivity index (χ2v) is 8.03. The van der Waals surface area contributed by atoms with Gasteiger partial charge in [0.25, 0.3) is 0 Å². The zero-order valence-electron chi connectivity index (χ0n) is 17.6. The summed E-state index contributed by atoms with van der Waals surface area (Å²) in [7, 11) is 3.71. The number of ether oxygens (including phenoxy) is 2. The molecule has 0 bridgehead atoms. The molecule has 0 aliphatic rings.